The van der Waals surface area contributed by atoms with Crippen molar-refractivity contribution < 1.29 is 27.5 Å². The number of carbonyl (C=O) groups excluding carboxylic acids is 2. The Labute approximate surface area is 178 Å². The number of hydrogen-bond donors (Lipinski definition) is 1. The summed E-state index contributed by atoms with van der Waals surface area (Å²) >= 11 is 0. The molecule has 1 saturated heterocycles. The summed E-state index contributed by atoms with van der Waals surface area (Å²) < 4.78 is 46.5. The van der Waals surface area contributed by atoms with Gasteiger partial charge in [0.2, 0.25) is 5.91 Å². The molecule has 1 aliphatic heterocycles. The molecule has 1 atom stereocenters. The molecule has 1 N–H and O–H groups in total. The second-order valence-electron chi connectivity index (χ2n) is 7.43. The van der Waals surface area contributed by atoms with Gasteiger partial charge in [-0.2, -0.15) is 18.3 Å². The van der Waals surface area contributed by atoms with Gasteiger partial charge in [-0.15, -0.1) is 0 Å². The van der Waals surface area contributed by atoms with E-state index < -0.39 is 23.8 Å². The third-order valence-corrected chi connectivity index (χ3v) is 5.25. The van der Waals surface area contributed by atoms with Gasteiger partial charge in [0, 0.05) is 31.7 Å². The molecule has 1 aliphatic rings. The second-order valence-corrected chi connectivity index (χ2v) is 7.43. The highest BCUT2D eigenvalue weighted by atomic mass is 19.4. The molecule has 0 saturated carbocycles. The molecule has 2 aromatic rings. The van der Waals surface area contributed by atoms with Crippen LogP contribution in [0.1, 0.15) is 32.3 Å². The quantitative estimate of drug-likeness (QED) is 0.748. The highest BCUT2D eigenvalue weighted by Crippen LogP contribution is 2.36. The minimum atomic E-state index is -4.57. The topological polar surface area (TPSA) is 76.5 Å². The number of carbonyl (C=O) groups is 2. The minimum absolute atomic E-state index is 0.133. The van der Waals surface area contributed by atoms with Crippen LogP contribution in [-0.4, -0.2) is 45.7 Å². The van der Waals surface area contributed by atoms with Gasteiger partial charge in [0.15, 0.2) is 6.10 Å². The van der Waals surface area contributed by atoms with Crippen molar-refractivity contribution in [3.8, 4) is 5.75 Å². The summed E-state index contributed by atoms with van der Waals surface area (Å²) in [6.45, 7) is 4.74. The van der Waals surface area contributed by atoms with E-state index in [0.29, 0.717) is 38.2 Å². The van der Waals surface area contributed by atoms with Gasteiger partial charge in [-0.25, -0.2) is 0 Å². The van der Waals surface area contributed by atoms with Crippen molar-refractivity contribution in [2.75, 3.05) is 18.4 Å². The van der Waals surface area contributed by atoms with Crippen LogP contribution in [0.15, 0.2) is 36.7 Å². The lowest BCUT2D eigenvalue weighted by molar-refractivity contribution is -0.144. The summed E-state index contributed by atoms with van der Waals surface area (Å²) in [5.74, 6) is -1.17. The van der Waals surface area contributed by atoms with Crippen molar-refractivity contribution in [3.05, 3.63) is 42.2 Å². The van der Waals surface area contributed by atoms with Crippen LogP contribution in [0.25, 0.3) is 0 Å². The number of nitrogens with one attached hydrogen (secondary N) is 1. The molecule has 7 nitrogen and oxygen atoms in total. The zero-order valence-corrected chi connectivity index (χ0v) is 17.4. The first kappa shape index (κ1) is 22.6. The SMILES string of the molecule is CCn1cc(NC(=O)C2CCN(C(=O)C(C)Oc3ccccc3C(F)(F)F)CC2)cn1. The summed E-state index contributed by atoms with van der Waals surface area (Å²) in [6, 6.07) is 4.81. The monoisotopic (exact) mass is 438 g/mol. The number of likely N-dealkylation sites (tertiary alicyclic amines) is 1. The zero-order valence-electron chi connectivity index (χ0n) is 17.4. The standard InChI is InChI=1S/C21H25F3N4O3/c1-3-28-13-16(12-25-28)26-19(29)15-8-10-27(11-9-15)20(30)14(2)31-18-7-5-4-6-17(18)21(22,23)24/h4-7,12-15H,3,8-11H2,1-2H3,(H,26,29). The van der Waals surface area contributed by atoms with Crippen LogP contribution in [-0.2, 0) is 22.3 Å². The van der Waals surface area contributed by atoms with Crippen LogP contribution in [0.2, 0.25) is 0 Å². The summed E-state index contributed by atoms with van der Waals surface area (Å²) in [5, 5.41) is 6.94. The van der Waals surface area contributed by atoms with Crippen molar-refractivity contribution in [1.29, 1.82) is 0 Å². The largest absolute Gasteiger partial charge is 0.480 e. The van der Waals surface area contributed by atoms with Gasteiger partial charge in [0.25, 0.3) is 5.91 Å². The van der Waals surface area contributed by atoms with Crippen LogP contribution in [0.3, 0.4) is 0 Å². The average molecular weight is 438 g/mol. The van der Waals surface area contributed by atoms with Gasteiger partial charge in [-0.1, -0.05) is 12.1 Å². The van der Waals surface area contributed by atoms with Gasteiger partial charge >= 0.3 is 6.18 Å². The molecule has 3 rings (SSSR count). The number of alkyl halides is 3. The molecule has 1 aromatic heterocycles. The zero-order chi connectivity index (χ0) is 22.6. The Morgan fingerprint density at radius 1 is 1.26 bits per heavy atom. The van der Waals surface area contributed by atoms with Crippen LogP contribution in [0.5, 0.6) is 5.75 Å². The fraction of sp³-hybridized carbons (Fsp3) is 0.476. The van der Waals surface area contributed by atoms with E-state index in [1.165, 1.54) is 30.0 Å². The lowest BCUT2D eigenvalue weighted by atomic mass is 9.95. The van der Waals surface area contributed by atoms with Gasteiger partial charge in [0.05, 0.1) is 17.4 Å². The number of ether oxygens (including phenoxy) is 1. The Kier molecular flexibility index (Phi) is 6.87. The maximum atomic E-state index is 13.1. The van der Waals surface area contributed by atoms with Gasteiger partial charge in [-0.05, 0) is 38.8 Å². The predicted octanol–water partition coefficient (Wildman–Crippen LogP) is 3.57. The minimum Gasteiger partial charge on any atom is -0.480 e. The lowest BCUT2D eigenvalue weighted by Gasteiger charge is -2.33. The summed E-state index contributed by atoms with van der Waals surface area (Å²) in [4.78, 5) is 26.7. The number of aryl methyl sites for hydroxylation is 1. The van der Waals surface area contributed by atoms with E-state index in [1.807, 2.05) is 6.92 Å². The fourth-order valence-corrected chi connectivity index (χ4v) is 3.51. The lowest BCUT2D eigenvalue weighted by Crippen LogP contribution is -2.46. The number of nitrogens with zero attached hydrogens (tertiary/aromatic N) is 3. The molecule has 10 heteroatoms. The van der Waals surface area contributed by atoms with Crippen molar-refractivity contribution in [2.24, 2.45) is 5.92 Å². The second kappa shape index (κ2) is 9.40. The van der Waals surface area contributed by atoms with Crippen LogP contribution < -0.4 is 10.1 Å². The molecule has 0 aliphatic carbocycles. The Morgan fingerprint density at radius 3 is 2.55 bits per heavy atom. The van der Waals surface area contributed by atoms with E-state index in [0.717, 1.165) is 6.07 Å². The molecule has 0 spiro atoms. The number of aromatic nitrogens is 2. The predicted molar refractivity (Wildman–Crippen MR) is 107 cm³/mol. The normalized spacial score (nSPS) is 16.1. The van der Waals surface area contributed by atoms with E-state index in [-0.39, 0.29) is 17.6 Å². The number of halogens is 3. The number of hydrogen-bond acceptors (Lipinski definition) is 4. The van der Waals surface area contributed by atoms with E-state index in [4.69, 9.17) is 4.74 Å². The third-order valence-electron chi connectivity index (χ3n) is 5.25. The molecular formula is C21H25F3N4O3. The number of rotatable bonds is 6. The highest BCUT2D eigenvalue weighted by molar-refractivity contribution is 5.92. The highest BCUT2D eigenvalue weighted by Gasteiger charge is 2.36. The Bertz CT molecular complexity index is 921. The van der Waals surface area contributed by atoms with Gasteiger partial charge < -0.3 is 15.0 Å². The molecule has 0 radical (unpaired) electrons. The molecule has 0 bridgehead atoms. The van der Waals surface area contributed by atoms with Crippen molar-refractivity contribution in [3.63, 3.8) is 0 Å². The molecule has 1 fully saturated rings. The van der Waals surface area contributed by atoms with E-state index in [1.54, 1.807) is 17.1 Å². The summed E-state index contributed by atoms with van der Waals surface area (Å²) in [7, 11) is 0. The first-order valence-corrected chi connectivity index (χ1v) is 10.1. The Morgan fingerprint density at radius 2 is 1.94 bits per heavy atom. The maximum absolute atomic E-state index is 13.1. The number of piperidine rings is 1. The third kappa shape index (κ3) is 5.56. The van der Waals surface area contributed by atoms with Crippen molar-refractivity contribution >= 4 is 17.5 Å². The van der Waals surface area contributed by atoms with Crippen LogP contribution >= 0.6 is 0 Å². The number of amides is 2. The van der Waals surface area contributed by atoms with Gasteiger partial charge in [-0.3, -0.25) is 14.3 Å². The van der Waals surface area contributed by atoms with Gasteiger partial charge in [0.1, 0.15) is 5.75 Å². The maximum Gasteiger partial charge on any atom is 0.419 e. The first-order chi connectivity index (χ1) is 14.7. The molecule has 2 heterocycles. The average Bonchev–Trinajstić information content (AvgIpc) is 3.20. The summed E-state index contributed by atoms with van der Waals surface area (Å²) in [6.07, 6.45) is -1.39. The van der Waals surface area contributed by atoms with Crippen LogP contribution in [0.4, 0.5) is 18.9 Å². The fourth-order valence-electron chi connectivity index (χ4n) is 3.51. The molecule has 31 heavy (non-hydrogen) atoms. The summed E-state index contributed by atoms with van der Waals surface area (Å²) in [5.41, 5.74) is -0.299. The van der Waals surface area contributed by atoms with Crippen LogP contribution in [0, 0.1) is 5.92 Å². The van der Waals surface area contributed by atoms with Crippen molar-refractivity contribution in [2.45, 2.75) is 45.5 Å². The molecule has 168 valence electrons. The molecule has 1 unspecified atom stereocenters. The molecule has 2 amide bonds. The molecule has 1 aromatic carbocycles. The number of para-hydroxylation sites is 1. The number of benzene rings is 1. The Hall–Kier alpha value is -3.04. The smallest absolute Gasteiger partial charge is 0.419 e. The Balaban J connectivity index is 1.53. The van der Waals surface area contributed by atoms with Crippen molar-refractivity contribution in [1.82, 2.24) is 14.7 Å². The van der Waals surface area contributed by atoms with E-state index >= 15 is 0 Å². The van der Waals surface area contributed by atoms with E-state index in [9.17, 15) is 22.8 Å². The molecular weight excluding hydrogens is 413 g/mol. The number of anilines is 1. The van der Waals surface area contributed by atoms with E-state index in [2.05, 4.69) is 10.4 Å². The first-order valence-electron chi connectivity index (χ1n) is 10.1.